The molecule has 6 heteroatoms. The van der Waals surface area contributed by atoms with E-state index in [2.05, 4.69) is 44.1 Å². The molecule has 1 aliphatic rings. The van der Waals surface area contributed by atoms with Crippen molar-refractivity contribution in [2.75, 3.05) is 33.8 Å². The Bertz CT molecular complexity index is 717. The summed E-state index contributed by atoms with van der Waals surface area (Å²) in [5.41, 5.74) is 1.13. The summed E-state index contributed by atoms with van der Waals surface area (Å²) in [4.78, 5) is 8.40. The number of para-hydroxylation sites is 1. The van der Waals surface area contributed by atoms with Crippen LogP contribution in [0.25, 0.3) is 0 Å². The molecule has 1 unspecified atom stereocenters. The van der Waals surface area contributed by atoms with Crippen molar-refractivity contribution in [2.24, 2.45) is 10.9 Å². The molecule has 2 heterocycles. The van der Waals surface area contributed by atoms with Crippen LogP contribution < -0.4 is 15.4 Å². The average molecular weight is 387 g/mol. The van der Waals surface area contributed by atoms with Gasteiger partial charge in [-0.3, -0.25) is 9.89 Å². The summed E-state index contributed by atoms with van der Waals surface area (Å²) in [6, 6.07) is 12.4. The molecule has 146 valence electrons. The second-order valence-electron chi connectivity index (χ2n) is 6.94. The first-order chi connectivity index (χ1) is 13.3. The van der Waals surface area contributed by atoms with Gasteiger partial charge in [0.05, 0.1) is 7.11 Å². The van der Waals surface area contributed by atoms with E-state index in [1.54, 1.807) is 7.11 Å². The van der Waals surface area contributed by atoms with Gasteiger partial charge in [-0.05, 0) is 42.8 Å². The molecule has 27 heavy (non-hydrogen) atoms. The molecule has 1 aromatic carbocycles. The van der Waals surface area contributed by atoms with Gasteiger partial charge in [-0.1, -0.05) is 24.3 Å². The van der Waals surface area contributed by atoms with E-state index in [0.29, 0.717) is 12.5 Å². The number of nitrogens with zero attached hydrogens (tertiary/aromatic N) is 2. The first kappa shape index (κ1) is 19.7. The summed E-state index contributed by atoms with van der Waals surface area (Å²) < 4.78 is 5.42. The minimum Gasteiger partial charge on any atom is -0.496 e. The van der Waals surface area contributed by atoms with Crippen molar-refractivity contribution in [3.8, 4) is 5.75 Å². The highest BCUT2D eigenvalue weighted by Crippen LogP contribution is 2.20. The summed E-state index contributed by atoms with van der Waals surface area (Å²) >= 11 is 1.85. The maximum Gasteiger partial charge on any atom is 0.191 e. The van der Waals surface area contributed by atoms with Crippen LogP contribution in [0, 0.1) is 5.92 Å². The Balaban J connectivity index is 1.44. The minimum atomic E-state index is 0.656. The van der Waals surface area contributed by atoms with Crippen molar-refractivity contribution in [2.45, 2.75) is 25.9 Å². The number of nitrogens with one attached hydrogen (secondary N) is 2. The van der Waals surface area contributed by atoms with Gasteiger partial charge in [0.1, 0.15) is 5.75 Å². The first-order valence-corrected chi connectivity index (χ1v) is 10.5. The predicted molar refractivity (Wildman–Crippen MR) is 114 cm³/mol. The fourth-order valence-corrected chi connectivity index (χ4v) is 4.32. The van der Waals surface area contributed by atoms with E-state index in [0.717, 1.165) is 36.9 Å². The number of aliphatic imine (C=N–C) groups is 1. The predicted octanol–water partition coefficient (Wildman–Crippen LogP) is 3.33. The number of methoxy groups -OCH3 is 1. The van der Waals surface area contributed by atoms with Crippen LogP contribution in [-0.2, 0) is 13.1 Å². The molecule has 1 fully saturated rings. The SMILES string of the molecule is CN=C(NCc1ccccc1OC)NCC1CCCN(Cc2cccs2)C1. The van der Waals surface area contributed by atoms with Crippen molar-refractivity contribution in [1.82, 2.24) is 15.5 Å². The van der Waals surface area contributed by atoms with Crippen molar-refractivity contribution < 1.29 is 4.74 Å². The normalized spacial score (nSPS) is 18.3. The molecule has 0 spiro atoms. The van der Waals surface area contributed by atoms with Crippen LogP contribution >= 0.6 is 11.3 Å². The number of guanidine groups is 1. The highest BCUT2D eigenvalue weighted by Gasteiger charge is 2.20. The van der Waals surface area contributed by atoms with Crippen LogP contribution in [0.2, 0.25) is 0 Å². The quantitative estimate of drug-likeness (QED) is 0.566. The van der Waals surface area contributed by atoms with E-state index >= 15 is 0 Å². The largest absolute Gasteiger partial charge is 0.496 e. The lowest BCUT2D eigenvalue weighted by atomic mass is 9.98. The molecule has 1 saturated heterocycles. The number of piperidine rings is 1. The monoisotopic (exact) mass is 386 g/mol. The zero-order valence-electron chi connectivity index (χ0n) is 16.3. The lowest BCUT2D eigenvalue weighted by Gasteiger charge is -2.32. The molecule has 0 saturated carbocycles. The molecule has 0 amide bonds. The van der Waals surface area contributed by atoms with Crippen LogP contribution in [0.5, 0.6) is 5.75 Å². The van der Waals surface area contributed by atoms with E-state index in [4.69, 9.17) is 4.74 Å². The standard InChI is InChI=1S/C21H30N4OS/c1-22-21(24-14-18-8-3-4-10-20(18)26-2)23-13-17-7-5-11-25(15-17)16-19-9-6-12-27-19/h3-4,6,8-10,12,17H,5,7,11,13-16H2,1-2H3,(H2,22,23,24). The van der Waals surface area contributed by atoms with E-state index in [1.807, 2.05) is 36.6 Å². The fourth-order valence-electron chi connectivity index (χ4n) is 3.57. The lowest BCUT2D eigenvalue weighted by Crippen LogP contribution is -2.44. The zero-order valence-corrected chi connectivity index (χ0v) is 17.1. The Morgan fingerprint density at radius 1 is 1.26 bits per heavy atom. The molecule has 2 aromatic rings. The molecule has 0 bridgehead atoms. The van der Waals surface area contributed by atoms with Gasteiger partial charge in [0.25, 0.3) is 0 Å². The topological polar surface area (TPSA) is 48.9 Å². The maximum absolute atomic E-state index is 5.42. The molecule has 0 radical (unpaired) electrons. The van der Waals surface area contributed by atoms with Gasteiger partial charge >= 0.3 is 0 Å². The second-order valence-corrected chi connectivity index (χ2v) is 7.97. The van der Waals surface area contributed by atoms with Gasteiger partial charge in [-0.15, -0.1) is 11.3 Å². The molecule has 0 aliphatic carbocycles. The molecule has 5 nitrogen and oxygen atoms in total. The summed E-state index contributed by atoms with van der Waals surface area (Å²) in [7, 11) is 3.53. The number of ether oxygens (including phenoxy) is 1. The lowest BCUT2D eigenvalue weighted by molar-refractivity contribution is 0.169. The van der Waals surface area contributed by atoms with Crippen molar-refractivity contribution in [1.29, 1.82) is 0 Å². The van der Waals surface area contributed by atoms with E-state index in [-0.39, 0.29) is 0 Å². The molecule has 1 aliphatic heterocycles. The average Bonchev–Trinajstić information content (AvgIpc) is 3.21. The van der Waals surface area contributed by atoms with E-state index in [9.17, 15) is 0 Å². The van der Waals surface area contributed by atoms with E-state index in [1.165, 1.54) is 24.3 Å². The van der Waals surface area contributed by atoms with Crippen molar-refractivity contribution in [3.05, 3.63) is 52.2 Å². The number of hydrogen-bond acceptors (Lipinski definition) is 4. The number of rotatable bonds is 7. The first-order valence-electron chi connectivity index (χ1n) is 9.59. The molecular weight excluding hydrogens is 356 g/mol. The molecule has 1 atom stereocenters. The Labute approximate surface area is 166 Å². The highest BCUT2D eigenvalue weighted by molar-refractivity contribution is 7.09. The maximum atomic E-state index is 5.42. The molecule has 1 aromatic heterocycles. The van der Waals surface area contributed by atoms with Gasteiger partial charge in [-0.2, -0.15) is 0 Å². The molecule has 2 N–H and O–H groups in total. The Morgan fingerprint density at radius 3 is 2.93 bits per heavy atom. The van der Waals surface area contributed by atoms with E-state index < -0.39 is 0 Å². The van der Waals surface area contributed by atoms with Gasteiger partial charge < -0.3 is 15.4 Å². The number of hydrogen-bond donors (Lipinski definition) is 2. The Hall–Kier alpha value is -2.05. The third kappa shape index (κ3) is 5.97. The van der Waals surface area contributed by atoms with Crippen LogP contribution in [0.1, 0.15) is 23.3 Å². The molecule has 3 rings (SSSR count). The van der Waals surface area contributed by atoms with Gasteiger partial charge in [-0.25, -0.2) is 0 Å². The third-order valence-electron chi connectivity index (χ3n) is 4.98. The minimum absolute atomic E-state index is 0.656. The van der Waals surface area contributed by atoms with Crippen LogP contribution in [0.15, 0.2) is 46.8 Å². The summed E-state index contributed by atoms with van der Waals surface area (Å²) in [5.74, 6) is 2.40. The summed E-state index contributed by atoms with van der Waals surface area (Å²) in [6.45, 7) is 5.07. The van der Waals surface area contributed by atoms with Crippen LogP contribution in [0.4, 0.5) is 0 Å². The number of likely N-dealkylation sites (tertiary alicyclic amines) is 1. The fraction of sp³-hybridized carbons (Fsp3) is 0.476. The number of thiophene rings is 1. The van der Waals surface area contributed by atoms with Gasteiger partial charge in [0.2, 0.25) is 0 Å². The smallest absolute Gasteiger partial charge is 0.191 e. The van der Waals surface area contributed by atoms with Crippen LogP contribution in [0.3, 0.4) is 0 Å². The summed E-state index contributed by atoms with van der Waals surface area (Å²) in [5, 5.41) is 9.06. The Kier molecular flexibility index (Phi) is 7.54. The number of benzene rings is 1. The van der Waals surface area contributed by atoms with Crippen LogP contribution in [-0.4, -0.2) is 44.7 Å². The third-order valence-corrected chi connectivity index (χ3v) is 5.84. The second kappa shape index (κ2) is 10.3. The zero-order chi connectivity index (χ0) is 18.9. The van der Waals surface area contributed by atoms with Gasteiger partial charge in [0.15, 0.2) is 5.96 Å². The van der Waals surface area contributed by atoms with Crippen molar-refractivity contribution >= 4 is 17.3 Å². The summed E-state index contributed by atoms with van der Waals surface area (Å²) in [6.07, 6.45) is 2.54. The van der Waals surface area contributed by atoms with Crippen molar-refractivity contribution in [3.63, 3.8) is 0 Å². The molecular formula is C21H30N4OS. The van der Waals surface area contributed by atoms with Gasteiger partial charge in [0, 0.05) is 43.7 Å². The Morgan fingerprint density at radius 2 is 2.15 bits per heavy atom. The highest BCUT2D eigenvalue weighted by atomic mass is 32.1.